The number of unbranched alkanes of at least 4 members (excludes halogenated alkanes) is 1. The zero-order valence-corrected chi connectivity index (χ0v) is 15.7. The van der Waals surface area contributed by atoms with Crippen LogP contribution < -0.4 is 16.6 Å². The molecule has 0 saturated heterocycles. The van der Waals surface area contributed by atoms with Gasteiger partial charge < -0.3 is 5.32 Å². The van der Waals surface area contributed by atoms with Crippen LogP contribution in [0.4, 0.5) is 11.4 Å². The number of fused-ring (bicyclic) bond motifs is 1. The summed E-state index contributed by atoms with van der Waals surface area (Å²) in [5.74, 6) is 0. The largest absolute Gasteiger partial charge is 0.354 e. The first-order valence-electron chi connectivity index (χ1n) is 8.85. The Labute approximate surface area is 152 Å². The van der Waals surface area contributed by atoms with Crippen molar-refractivity contribution in [2.24, 2.45) is 14.1 Å². The average Bonchev–Trinajstić information content (AvgIpc) is 2.65. The van der Waals surface area contributed by atoms with Crippen LogP contribution in [-0.4, -0.2) is 14.1 Å². The number of pyridine rings is 1. The topological polar surface area (TPSA) is 68.9 Å². The van der Waals surface area contributed by atoms with Gasteiger partial charge in [0.1, 0.15) is 5.39 Å². The molecule has 0 fully saturated rings. The maximum Gasteiger partial charge on any atom is 0.332 e. The third-order valence-electron chi connectivity index (χ3n) is 4.70. The van der Waals surface area contributed by atoms with Crippen molar-refractivity contribution in [3.05, 3.63) is 62.4 Å². The van der Waals surface area contributed by atoms with E-state index in [4.69, 9.17) is 0 Å². The third kappa shape index (κ3) is 3.14. The minimum atomic E-state index is -0.384. The molecule has 0 saturated carbocycles. The van der Waals surface area contributed by atoms with E-state index in [2.05, 4.69) is 29.4 Å². The molecule has 1 aromatic carbocycles. The number of aryl methyl sites for hydroxylation is 3. The van der Waals surface area contributed by atoms with Crippen LogP contribution in [0.2, 0.25) is 0 Å². The Kier molecular flexibility index (Phi) is 4.93. The molecule has 0 amide bonds. The second kappa shape index (κ2) is 7.15. The maximum atomic E-state index is 12.7. The van der Waals surface area contributed by atoms with Gasteiger partial charge in [-0.05, 0) is 43.0 Å². The van der Waals surface area contributed by atoms with Crippen molar-refractivity contribution in [1.29, 1.82) is 0 Å². The molecule has 2 heterocycles. The highest BCUT2D eigenvalue weighted by atomic mass is 16.2. The van der Waals surface area contributed by atoms with Gasteiger partial charge >= 0.3 is 5.69 Å². The highest BCUT2D eigenvalue weighted by Gasteiger charge is 2.15. The number of hydrogen-bond acceptors (Lipinski definition) is 4. The fraction of sp³-hybridized carbons (Fsp3) is 0.350. The first-order chi connectivity index (χ1) is 12.4. The molecule has 0 unspecified atom stereocenters. The van der Waals surface area contributed by atoms with E-state index in [1.165, 1.54) is 30.0 Å². The summed E-state index contributed by atoms with van der Waals surface area (Å²) in [7, 11) is 3.11. The molecule has 3 rings (SSSR count). The molecule has 0 bridgehead atoms. The van der Waals surface area contributed by atoms with Crippen LogP contribution in [0.25, 0.3) is 11.0 Å². The molecule has 0 aliphatic rings. The number of rotatable bonds is 5. The number of benzene rings is 1. The van der Waals surface area contributed by atoms with Crippen molar-refractivity contribution < 1.29 is 0 Å². The van der Waals surface area contributed by atoms with E-state index in [1.54, 1.807) is 13.2 Å². The number of nitrogens with one attached hydrogen (secondary N) is 1. The van der Waals surface area contributed by atoms with Crippen molar-refractivity contribution in [1.82, 2.24) is 14.1 Å². The zero-order valence-electron chi connectivity index (χ0n) is 15.7. The lowest BCUT2D eigenvalue weighted by molar-refractivity contribution is 0.707. The fourth-order valence-corrected chi connectivity index (χ4v) is 3.06. The molecule has 3 aromatic rings. The molecule has 6 nitrogen and oxygen atoms in total. The smallest absolute Gasteiger partial charge is 0.332 e. The second-order valence-corrected chi connectivity index (χ2v) is 6.65. The van der Waals surface area contributed by atoms with Crippen molar-refractivity contribution in [2.75, 3.05) is 5.32 Å². The van der Waals surface area contributed by atoms with Gasteiger partial charge in [-0.25, -0.2) is 9.78 Å². The number of aromatic nitrogens is 3. The van der Waals surface area contributed by atoms with Gasteiger partial charge in [-0.1, -0.05) is 25.5 Å². The minimum absolute atomic E-state index is 0.346. The molecule has 26 heavy (non-hydrogen) atoms. The minimum Gasteiger partial charge on any atom is -0.354 e. The van der Waals surface area contributed by atoms with Crippen molar-refractivity contribution in [3.63, 3.8) is 0 Å². The van der Waals surface area contributed by atoms with Crippen LogP contribution in [-0.2, 0) is 20.5 Å². The van der Waals surface area contributed by atoms with E-state index in [0.717, 1.165) is 22.2 Å². The van der Waals surface area contributed by atoms with Gasteiger partial charge in [0.25, 0.3) is 5.56 Å². The Bertz CT molecular complexity index is 1060. The van der Waals surface area contributed by atoms with Gasteiger partial charge in [0.15, 0.2) is 5.65 Å². The molecule has 0 spiro atoms. The quantitative estimate of drug-likeness (QED) is 0.766. The lowest BCUT2D eigenvalue weighted by Gasteiger charge is -2.15. The van der Waals surface area contributed by atoms with Crippen LogP contribution in [0, 0.1) is 6.92 Å². The Morgan fingerprint density at radius 3 is 2.42 bits per heavy atom. The predicted molar refractivity (Wildman–Crippen MR) is 105 cm³/mol. The van der Waals surface area contributed by atoms with E-state index < -0.39 is 0 Å². The molecule has 0 atom stereocenters. The molecule has 136 valence electrons. The molecule has 0 aliphatic heterocycles. The number of anilines is 2. The summed E-state index contributed by atoms with van der Waals surface area (Å²) < 4.78 is 2.51. The van der Waals surface area contributed by atoms with Crippen molar-refractivity contribution >= 4 is 22.4 Å². The highest BCUT2D eigenvalue weighted by molar-refractivity contribution is 5.92. The number of nitrogens with zero attached hydrogens (tertiary/aromatic N) is 3. The van der Waals surface area contributed by atoms with Crippen LogP contribution in [0.1, 0.15) is 30.9 Å². The van der Waals surface area contributed by atoms with Crippen molar-refractivity contribution in [2.45, 2.75) is 33.1 Å². The summed E-state index contributed by atoms with van der Waals surface area (Å²) in [4.78, 5) is 29.2. The molecule has 0 aliphatic carbocycles. The van der Waals surface area contributed by atoms with Gasteiger partial charge in [0.2, 0.25) is 0 Å². The summed E-state index contributed by atoms with van der Waals surface area (Å²) in [6.07, 6.45) is 5.09. The van der Waals surface area contributed by atoms with Crippen LogP contribution in [0.5, 0.6) is 0 Å². The normalized spacial score (nSPS) is 11.1. The second-order valence-electron chi connectivity index (χ2n) is 6.65. The van der Waals surface area contributed by atoms with Gasteiger partial charge in [0, 0.05) is 26.0 Å². The summed E-state index contributed by atoms with van der Waals surface area (Å²) in [6.45, 7) is 4.08. The van der Waals surface area contributed by atoms with Crippen LogP contribution in [0.3, 0.4) is 0 Å². The maximum absolute atomic E-state index is 12.7. The average molecular weight is 352 g/mol. The summed E-state index contributed by atoms with van der Waals surface area (Å²) in [5, 5.41) is 3.77. The van der Waals surface area contributed by atoms with E-state index in [0.29, 0.717) is 16.7 Å². The lowest BCUT2D eigenvalue weighted by atomic mass is 10.1. The van der Waals surface area contributed by atoms with E-state index in [1.807, 2.05) is 19.1 Å². The molecule has 1 N–H and O–H groups in total. The van der Waals surface area contributed by atoms with Gasteiger partial charge in [-0.2, -0.15) is 0 Å². The molecule has 0 radical (unpaired) electrons. The van der Waals surface area contributed by atoms with Gasteiger partial charge in [-0.3, -0.25) is 13.9 Å². The Balaban J connectivity index is 2.09. The molecule has 6 heteroatoms. The summed E-state index contributed by atoms with van der Waals surface area (Å²) in [5.41, 5.74) is 3.39. The standard InChI is InChI=1S/C20H24N4O2/c1-5-6-7-14-8-10-15(11-9-14)22-17-13(2)12-21-18-16(17)19(25)24(4)20(26)23(18)3/h8-12H,5-7H2,1-4H3,(H,21,22). The lowest BCUT2D eigenvalue weighted by Crippen LogP contribution is -2.37. The monoisotopic (exact) mass is 352 g/mol. The van der Waals surface area contributed by atoms with Gasteiger partial charge in [0.05, 0.1) is 5.69 Å². The Hall–Kier alpha value is -2.89. The van der Waals surface area contributed by atoms with Gasteiger partial charge in [-0.15, -0.1) is 0 Å². The zero-order chi connectivity index (χ0) is 18.8. The summed E-state index contributed by atoms with van der Waals surface area (Å²) >= 11 is 0. The third-order valence-corrected chi connectivity index (χ3v) is 4.70. The SMILES string of the molecule is CCCCc1ccc(Nc2c(C)cnc3c2c(=O)n(C)c(=O)n3C)cc1. The first-order valence-corrected chi connectivity index (χ1v) is 8.85. The van der Waals surface area contributed by atoms with Crippen molar-refractivity contribution in [3.8, 4) is 0 Å². The van der Waals surface area contributed by atoms with E-state index in [9.17, 15) is 9.59 Å². The molecular formula is C20H24N4O2. The predicted octanol–water partition coefficient (Wildman–Crippen LogP) is 3.03. The molecule has 2 aromatic heterocycles. The molecular weight excluding hydrogens is 328 g/mol. The Morgan fingerprint density at radius 2 is 1.77 bits per heavy atom. The highest BCUT2D eigenvalue weighted by Crippen LogP contribution is 2.26. The van der Waals surface area contributed by atoms with Crippen LogP contribution in [0.15, 0.2) is 40.1 Å². The van der Waals surface area contributed by atoms with E-state index in [-0.39, 0.29) is 11.2 Å². The van der Waals surface area contributed by atoms with E-state index >= 15 is 0 Å². The fourth-order valence-electron chi connectivity index (χ4n) is 3.06. The van der Waals surface area contributed by atoms with Crippen LogP contribution >= 0.6 is 0 Å². The number of hydrogen-bond donors (Lipinski definition) is 1. The summed E-state index contributed by atoms with van der Waals surface area (Å²) in [6, 6.07) is 8.24. The first kappa shape index (κ1) is 17.9. The Morgan fingerprint density at radius 1 is 1.08 bits per heavy atom.